The number of carbonyl (C=O) groups is 3. The number of pyridine rings is 1. The van der Waals surface area contributed by atoms with E-state index < -0.39 is 6.04 Å². The number of nitrogens with zero attached hydrogens (tertiary/aromatic N) is 4. The number of fused-ring (bicyclic) bond motifs is 6. The minimum atomic E-state index is -0.572. The molecule has 4 atom stereocenters. The molecule has 12 nitrogen and oxygen atoms in total. The van der Waals surface area contributed by atoms with Crippen LogP contribution in [0.15, 0.2) is 54.6 Å². The van der Waals surface area contributed by atoms with Gasteiger partial charge in [-0.05, 0) is 92.3 Å². The molecule has 1 aliphatic rings. The van der Waals surface area contributed by atoms with E-state index in [9.17, 15) is 14.4 Å². The minimum absolute atomic E-state index is 0.0226. The quantitative estimate of drug-likeness (QED) is 0.0846. The van der Waals surface area contributed by atoms with Crippen molar-refractivity contribution in [3.8, 4) is 11.3 Å². The number of benzene rings is 3. The van der Waals surface area contributed by atoms with E-state index in [1.807, 2.05) is 36.9 Å². The summed E-state index contributed by atoms with van der Waals surface area (Å²) >= 11 is 0. The van der Waals surface area contributed by atoms with E-state index in [1.165, 1.54) is 6.92 Å². The molecule has 6 aromatic rings. The summed E-state index contributed by atoms with van der Waals surface area (Å²) in [5.74, 6) is 1.77. The van der Waals surface area contributed by atoms with Crippen LogP contribution >= 0.6 is 0 Å². The van der Waals surface area contributed by atoms with Gasteiger partial charge < -0.3 is 31.2 Å². The zero-order valence-electron chi connectivity index (χ0n) is 32.7. The number of amides is 3. The molecule has 6 N–H and O–H groups in total. The highest BCUT2D eigenvalue weighted by molar-refractivity contribution is 6.06. The highest BCUT2D eigenvalue weighted by Crippen LogP contribution is 2.36. The summed E-state index contributed by atoms with van der Waals surface area (Å²) < 4.78 is 0. The molecule has 3 aromatic heterocycles. The molecule has 3 aromatic carbocycles. The molecule has 0 saturated carbocycles. The van der Waals surface area contributed by atoms with Gasteiger partial charge in [0.25, 0.3) is 0 Å². The second kappa shape index (κ2) is 15.8. The lowest BCUT2D eigenvalue weighted by Crippen LogP contribution is -2.50. The molecule has 0 radical (unpaired) electrons. The van der Waals surface area contributed by atoms with Crippen molar-refractivity contribution in [3.63, 3.8) is 0 Å². The van der Waals surface area contributed by atoms with Crippen LogP contribution in [0.2, 0.25) is 0 Å². The predicted molar refractivity (Wildman–Crippen MR) is 218 cm³/mol. The molecule has 55 heavy (non-hydrogen) atoms. The fourth-order valence-electron chi connectivity index (χ4n) is 8.22. The number of imidazole rings is 2. The Bertz CT molecular complexity index is 2380. The van der Waals surface area contributed by atoms with Gasteiger partial charge in [0, 0.05) is 48.7 Å². The van der Waals surface area contributed by atoms with Crippen molar-refractivity contribution in [2.75, 3.05) is 13.1 Å². The van der Waals surface area contributed by atoms with Gasteiger partial charge in [-0.25, -0.2) is 15.0 Å². The number of aromatic nitrogens is 5. The number of H-pyrrole nitrogens is 2. The van der Waals surface area contributed by atoms with Gasteiger partial charge in [-0.15, -0.1) is 0 Å². The molecular formula is C43H53N9O3. The van der Waals surface area contributed by atoms with E-state index in [0.717, 1.165) is 98.8 Å². The number of rotatable bonds is 13. The van der Waals surface area contributed by atoms with Crippen molar-refractivity contribution in [2.45, 2.75) is 97.7 Å². The maximum atomic E-state index is 13.6. The topological polar surface area (TPSA) is 175 Å². The van der Waals surface area contributed by atoms with Crippen molar-refractivity contribution in [1.82, 2.24) is 40.5 Å². The molecule has 0 bridgehead atoms. The Hall–Kier alpha value is -5.36. The Labute approximate surface area is 321 Å². The Kier molecular flexibility index (Phi) is 10.9. The van der Waals surface area contributed by atoms with Gasteiger partial charge in [0.2, 0.25) is 17.7 Å². The van der Waals surface area contributed by atoms with Crippen LogP contribution in [-0.4, -0.2) is 72.7 Å². The lowest BCUT2D eigenvalue weighted by Gasteiger charge is -2.30. The van der Waals surface area contributed by atoms with E-state index >= 15 is 0 Å². The minimum Gasteiger partial charge on any atom is -0.353 e. The molecule has 3 amide bonds. The van der Waals surface area contributed by atoms with Crippen molar-refractivity contribution in [3.05, 3.63) is 66.2 Å². The van der Waals surface area contributed by atoms with E-state index in [0.29, 0.717) is 13.1 Å². The molecule has 1 saturated heterocycles. The molecular weight excluding hydrogens is 691 g/mol. The lowest BCUT2D eigenvalue weighted by molar-refractivity contribution is -0.138. The summed E-state index contributed by atoms with van der Waals surface area (Å²) in [6.07, 6.45) is 4.22. The van der Waals surface area contributed by atoms with Crippen LogP contribution < -0.4 is 16.4 Å². The molecule has 288 valence electrons. The van der Waals surface area contributed by atoms with Crippen LogP contribution in [0.4, 0.5) is 0 Å². The normalized spacial score (nSPS) is 16.5. The van der Waals surface area contributed by atoms with E-state index in [2.05, 4.69) is 70.8 Å². The number of aromatic amines is 2. The first-order valence-corrected chi connectivity index (χ1v) is 19.7. The summed E-state index contributed by atoms with van der Waals surface area (Å²) in [4.78, 5) is 61.7. The van der Waals surface area contributed by atoms with Gasteiger partial charge in [-0.1, -0.05) is 45.9 Å². The summed E-state index contributed by atoms with van der Waals surface area (Å²) in [6.45, 7) is 12.4. The molecule has 0 unspecified atom stereocenters. The molecule has 0 spiro atoms. The second-order valence-electron chi connectivity index (χ2n) is 15.9. The van der Waals surface area contributed by atoms with Crippen LogP contribution in [0.5, 0.6) is 0 Å². The van der Waals surface area contributed by atoms with Crippen molar-refractivity contribution in [1.29, 1.82) is 0 Å². The summed E-state index contributed by atoms with van der Waals surface area (Å²) in [6, 6.07) is 18.0. The lowest BCUT2D eigenvalue weighted by atomic mass is 9.89. The molecule has 4 heterocycles. The second-order valence-corrected chi connectivity index (χ2v) is 15.9. The van der Waals surface area contributed by atoms with Crippen LogP contribution in [-0.2, 0) is 14.4 Å². The summed E-state index contributed by atoms with van der Waals surface area (Å²) in [7, 11) is 0. The maximum Gasteiger partial charge on any atom is 0.246 e. The molecule has 12 heteroatoms. The monoisotopic (exact) mass is 743 g/mol. The van der Waals surface area contributed by atoms with Crippen LogP contribution in [0.3, 0.4) is 0 Å². The van der Waals surface area contributed by atoms with Gasteiger partial charge in [0.05, 0.1) is 39.3 Å². The average molecular weight is 744 g/mol. The van der Waals surface area contributed by atoms with Gasteiger partial charge >= 0.3 is 0 Å². The number of hydrogen-bond acceptors (Lipinski definition) is 7. The highest BCUT2D eigenvalue weighted by Gasteiger charge is 2.37. The zero-order chi connectivity index (χ0) is 39.0. The summed E-state index contributed by atoms with van der Waals surface area (Å²) in [5, 5.41) is 9.10. The number of carbonyl (C=O) groups excluding carboxylic acids is 3. The van der Waals surface area contributed by atoms with Crippen LogP contribution in [0, 0.1) is 11.8 Å². The van der Waals surface area contributed by atoms with E-state index in [4.69, 9.17) is 20.7 Å². The van der Waals surface area contributed by atoms with Crippen LogP contribution in [0.25, 0.3) is 55.0 Å². The first-order chi connectivity index (χ1) is 26.4. The third-order valence-corrected chi connectivity index (χ3v) is 11.1. The zero-order valence-corrected chi connectivity index (χ0v) is 32.7. The molecule has 1 aliphatic heterocycles. The largest absolute Gasteiger partial charge is 0.353 e. The van der Waals surface area contributed by atoms with Crippen molar-refractivity contribution < 1.29 is 14.4 Å². The molecule has 7 rings (SSSR count). The number of hydrogen-bond donors (Lipinski definition) is 5. The van der Waals surface area contributed by atoms with Crippen molar-refractivity contribution >= 4 is 61.5 Å². The van der Waals surface area contributed by atoms with Gasteiger partial charge in [-0.2, -0.15) is 0 Å². The fraction of sp³-hybridized carbons (Fsp3) is 0.442. The van der Waals surface area contributed by atoms with E-state index in [-0.39, 0.29) is 47.6 Å². The standard InChI is InChI=1S/C43H53N9O3/c1-23(2)36(45-25(5)53)22-29(9-7-19-44)41-48-35-18-17-33-31(40(35)50-41)14-16-32(47-33)28-11-13-30-27(21-28)12-15-34-39(30)51-42(49-34)37-10-8-20-52(37)43(55)38(24(3)4)46-26(6)54/h11-18,21,23-24,29,36-38H,7-10,19-20,22,44H2,1-6H3,(H,45,53)(H,46,54)(H,48,50)(H,49,51)/t29-,36-,37+,38+/m1/s1. The Morgan fingerprint density at radius 3 is 2.27 bits per heavy atom. The third-order valence-electron chi connectivity index (χ3n) is 11.1. The first-order valence-electron chi connectivity index (χ1n) is 19.7. The molecule has 1 fully saturated rings. The third kappa shape index (κ3) is 7.78. The smallest absolute Gasteiger partial charge is 0.246 e. The summed E-state index contributed by atoms with van der Waals surface area (Å²) in [5.41, 5.74) is 12.3. The number of nitrogens with two attached hydrogens (primary N) is 1. The number of nitrogens with one attached hydrogen (secondary N) is 4. The van der Waals surface area contributed by atoms with Crippen molar-refractivity contribution in [2.24, 2.45) is 17.6 Å². The fourth-order valence-corrected chi connectivity index (χ4v) is 8.22. The maximum absolute atomic E-state index is 13.6. The Morgan fingerprint density at radius 1 is 0.836 bits per heavy atom. The van der Waals surface area contributed by atoms with Crippen LogP contribution in [0.1, 0.15) is 97.3 Å². The average Bonchev–Trinajstić information content (AvgIpc) is 3.92. The molecule has 0 aliphatic carbocycles. The van der Waals surface area contributed by atoms with Gasteiger partial charge in [0.15, 0.2) is 0 Å². The first kappa shape index (κ1) is 37.9. The number of likely N-dealkylation sites (tertiary alicyclic amines) is 1. The van der Waals surface area contributed by atoms with Gasteiger partial charge in [-0.3, -0.25) is 14.4 Å². The highest BCUT2D eigenvalue weighted by atomic mass is 16.2. The Morgan fingerprint density at radius 2 is 1.55 bits per heavy atom. The Balaban J connectivity index is 1.16. The SMILES string of the molecule is CC(=O)N[C@H](C(=O)N1CCC[C@H]1c1nc2ccc3cc(-c4ccc5c(ccc6nc([C@H](CCCN)C[C@@H](NC(C)=O)C(C)C)[nH]c65)n4)ccc3c2[nH]1)C(C)C. The predicted octanol–water partition coefficient (Wildman–Crippen LogP) is 7.01. The van der Waals surface area contributed by atoms with E-state index in [1.54, 1.807) is 6.92 Å². The van der Waals surface area contributed by atoms with Gasteiger partial charge in [0.1, 0.15) is 17.7 Å².